The maximum absolute atomic E-state index is 9.01. The lowest BCUT2D eigenvalue weighted by molar-refractivity contribution is 0.244. The fourth-order valence-electron chi connectivity index (χ4n) is 2.67. The van der Waals surface area contributed by atoms with E-state index in [1.54, 1.807) is 0 Å². The quantitative estimate of drug-likeness (QED) is 0.371. The third kappa shape index (κ3) is 8.49. The molecule has 0 saturated carbocycles. The molecule has 2 nitrogen and oxygen atoms in total. The summed E-state index contributed by atoms with van der Waals surface area (Å²) in [5, 5.41) is 9.01. The number of hydrogen-bond acceptors (Lipinski definition) is 2. The van der Waals surface area contributed by atoms with Gasteiger partial charge in [0.2, 0.25) is 0 Å². The molecule has 122 valence electrons. The average Bonchev–Trinajstić information content (AvgIpc) is 2.38. The van der Waals surface area contributed by atoms with Crippen molar-refractivity contribution in [3.63, 3.8) is 0 Å². The summed E-state index contributed by atoms with van der Waals surface area (Å²) >= 11 is 6.74. The number of aliphatic hydroxyl groups is 1. The molecule has 0 amide bonds. The zero-order valence-corrected chi connectivity index (χ0v) is 14.6. The predicted molar refractivity (Wildman–Crippen MR) is 90.4 cm³/mol. The topological polar surface area (TPSA) is 46.2 Å². The van der Waals surface area contributed by atoms with Crippen LogP contribution in [0.3, 0.4) is 0 Å². The van der Waals surface area contributed by atoms with Crippen LogP contribution in [0.5, 0.6) is 0 Å². The van der Waals surface area contributed by atoms with Crippen molar-refractivity contribution in [2.24, 2.45) is 5.73 Å². The molecule has 0 aromatic rings. The monoisotopic (exact) mass is 305 g/mol. The molecule has 0 saturated heterocycles. The fourth-order valence-corrected chi connectivity index (χ4v) is 2.93. The van der Waals surface area contributed by atoms with Gasteiger partial charge in [-0.2, -0.15) is 0 Å². The lowest BCUT2D eigenvalue weighted by atomic mass is 9.80. The van der Waals surface area contributed by atoms with E-state index >= 15 is 0 Å². The molecule has 0 aliphatic heterocycles. The Bertz CT molecular complexity index is 228. The second kappa shape index (κ2) is 10.9. The van der Waals surface area contributed by atoms with Crippen LogP contribution in [0.4, 0.5) is 0 Å². The largest absolute Gasteiger partial charge is 0.396 e. The molecule has 0 rings (SSSR count). The molecule has 0 aliphatic carbocycles. The number of aliphatic hydroxyl groups excluding tert-OH is 1. The van der Waals surface area contributed by atoms with E-state index < -0.39 is 5.54 Å². The minimum atomic E-state index is -0.398. The highest BCUT2D eigenvalue weighted by Gasteiger charge is 2.39. The fraction of sp³-hybridized carbons (Fsp3) is 1.00. The molecule has 0 aromatic carbocycles. The van der Waals surface area contributed by atoms with E-state index in [9.17, 15) is 0 Å². The lowest BCUT2D eigenvalue weighted by Gasteiger charge is -2.39. The number of nitrogens with two attached hydrogens (primary N) is 1. The van der Waals surface area contributed by atoms with Gasteiger partial charge in [-0.05, 0) is 33.1 Å². The summed E-state index contributed by atoms with van der Waals surface area (Å²) in [6, 6.07) is 0. The van der Waals surface area contributed by atoms with Gasteiger partial charge in [-0.25, -0.2) is 0 Å². The Hall–Kier alpha value is 0.210. The minimum absolute atomic E-state index is 0.196. The minimum Gasteiger partial charge on any atom is -0.396 e. The molecule has 3 heteroatoms. The molecule has 0 aliphatic rings. The normalized spacial score (nSPS) is 15.3. The van der Waals surface area contributed by atoms with E-state index in [0.717, 1.165) is 25.7 Å². The van der Waals surface area contributed by atoms with E-state index in [1.165, 1.54) is 44.9 Å². The van der Waals surface area contributed by atoms with Crippen LogP contribution in [0, 0.1) is 0 Å². The maximum atomic E-state index is 9.01. The summed E-state index contributed by atoms with van der Waals surface area (Å²) in [7, 11) is 0. The van der Waals surface area contributed by atoms with Crippen LogP contribution in [0.15, 0.2) is 0 Å². The number of halogens is 1. The first-order valence-corrected chi connectivity index (χ1v) is 8.84. The van der Waals surface area contributed by atoms with Gasteiger partial charge in [0.15, 0.2) is 0 Å². The second-order valence-corrected chi connectivity index (χ2v) is 7.46. The van der Waals surface area contributed by atoms with Crippen LogP contribution in [0.2, 0.25) is 0 Å². The number of unbranched alkanes of at least 4 members (excludes halogenated alkanes) is 7. The van der Waals surface area contributed by atoms with Gasteiger partial charge in [-0.1, -0.05) is 58.3 Å². The average molecular weight is 306 g/mol. The van der Waals surface area contributed by atoms with Crippen molar-refractivity contribution < 1.29 is 5.11 Å². The van der Waals surface area contributed by atoms with E-state index in [0.29, 0.717) is 0 Å². The molecule has 3 N–H and O–H groups in total. The first kappa shape index (κ1) is 20.2. The molecule has 0 radical (unpaired) electrons. The lowest BCUT2D eigenvalue weighted by Crippen LogP contribution is -2.52. The molecule has 1 unspecified atom stereocenters. The maximum Gasteiger partial charge on any atom is 0.0621 e. The summed E-state index contributed by atoms with van der Waals surface area (Å²) in [5.41, 5.74) is 5.84. The smallest absolute Gasteiger partial charge is 0.0621 e. The third-order valence-corrected chi connectivity index (χ3v) is 5.18. The molecule has 1 atom stereocenters. The first-order valence-electron chi connectivity index (χ1n) is 8.46. The molecule has 0 spiro atoms. The molecular weight excluding hydrogens is 270 g/mol. The van der Waals surface area contributed by atoms with Gasteiger partial charge in [0.05, 0.1) is 4.87 Å². The SMILES string of the molecule is CCCCCCCCCCC(Cl)(CCCO)C(C)(C)N. The zero-order chi connectivity index (χ0) is 15.5. The third-order valence-electron chi connectivity index (χ3n) is 4.31. The van der Waals surface area contributed by atoms with E-state index in [2.05, 4.69) is 6.92 Å². The highest BCUT2D eigenvalue weighted by atomic mass is 35.5. The van der Waals surface area contributed by atoms with Crippen molar-refractivity contribution in [3.05, 3.63) is 0 Å². The Balaban J connectivity index is 3.86. The van der Waals surface area contributed by atoms with Crippen molar-refractivity contribution >= 4 is 11.6 Å². The Morgan fingerprint density at radius 3 is 1.75 bits per heavy atom. The molecule has 0 fully saturated rings. The number of alkyl halides is 1. The van der Waals surface area contributed by atoms with Crippen molar-refractivity contribution in [3.8, 4) is 0 Å². The first-order chi connectivity index (χ1) is 9.37. The molecule has 0 heterocycles. The van der Waals surface area contributed by atoms with Gasteiger partial charge >= 0.3 is 0 Å². The standard InChI is InChI=1S/C17H36ClNO/c1-4-5-6-7-8-9-10-11-13-17(18,14-12-15-20)16(2,3)19/h20H,4-15,19H2,1-3H3. The number of hydrogen-bond donors (Lipinski definition) is 2. The van der Waals surface area contributed by atoms with Gasteiger partial charge in [-0.15, -0.1) is 11.6 Å². The number of rotatable bonds is 13. The highest BCUT2D eigenvalue weighted by Crippen LogP contribution is 2.37. The molecule has 0 aromatic heterocycles. The summed E-state index contributed by atoms with van der Waals surface area (Å²) < 4.78 is 0. The van der Waals surface area contributed by atoms with E-state index in [4.69, 9.17) is 22.4 Å². The van der Waals surface area contributed by atoms with E-state index in [-0.39, 0.29) is 11.5 Å². The Morgan fingerprint density at radius 1 is 0.850 bits per heavy atom. The Morgan fingerprint density at radius 2 is 1.30 bits per heavy atom. The van der Waals surface area contributed by atoms with Crippen LogP contribution >= 0.6 is 11.6 Å². The van der Waals surface area contributed by atoms with Gasteiger partial charge < -0.3 is 10.8 Å². The Labute approximate surface area is 131 Å². The molecule has 20 heavy (non-hydrogen) atoms. The van der Waals surface area contributed by atoms with Crippen molar-refractivity contribution in [2.75, 3.05) is 6.61 Å². The van der Waals surface area contributed by atoms with Crippen LogP contribution < -0.4 is 5.73 Å². The van der Waals surface area contributed by atoms with Crippen molar-refractivity contribution in [1.82, 2.24) is 0 Å². The van der Waals surface area contributed by atoms with Crippen LogP contribution in [-0.4, -0.2) is 22.1 Å². The van der Waals surface area contributed by atoms with Gasteiger partial charge in [0, 0.05) is 12.1 Å². The van der Waals surface area contributed by atoms with Gasteiger partial charge in [0.25, 0.3) is 0 Å². The Kier molecular flexibility index (Phi) is 11.0. The van der Waals surface area contributed by atoms with Crippen LogP contribution in [0.25, 0.3) is 0 Å². The van der Waals surface area contributed by atoms with Crippen LogP contribution in [0.1, 0.15) is 91.4 Å². The molecule has 0 bridgehead atoms. The summed E-state index contributed by atoms with van der Waals surface area (Å²) in [4.78, 5) is -0.377. The second-order valence-electron chi connectivity index (χ2n) is 6.74. The summed E-state index contributed by atoms with van der Waals surface area (Å²) in [5.74, 6) is 0. The summed E-state index contributed by atoms with van der Waals surface area (Å²) in [6.45, 7) is 6.45. The van der Waals surface area contributed by atoms with Crippen LogP contribution in [-0.2, 0) is 0 Å². The van der Waals surface area contributed by atoms with Crippen molar-refractivity contribution in [2.45, 2.75) is 102 Å². The van der Waals surface area contributed by atoms with Gasteiger partial charge in [0.1, 0.15) is 0 Å². The van der Waals surface area contributed by atoms with E-state index in [1.807, 2.05) is 13.8 Å². The van der Waals surface area contributed by atoms with Gasteiger partial charge in [-0.3, -0.25) is 0 Å². The summed E-state index contributed by atoms with van der Waals surface area (Å²) in [6.07, 6.45) is 12.9. The zero-order valence-electron chi connectivity index (χ0n) is 13.9. The molecular formula is C17H36ClNO. The highest BCUT2D eigenvalue weighted by molar-refractivity contribution is 6.24. The predicted octanol–water partition coefficient (Wildman–Crippen LogP) is 5.00. The van der Waals surface area contributed by atoms with Crippen molar-refractivity contribution in [1.29, 1.82) is 0 Å².